The minimum Gasteiger partial charge on any atom is -0.336 e. The SMILES string of the molecule is CC(NC(=O)NCC(C)(C)N1CCCCC1)c1ccccc1. The molecule has 22 heavy (non-hydrogen) atoms. The lowest BCUT2D eigenvalue weighted by Gasteiger charge is -2.41. The fourth-order valence-electron chi connectivity index (χ4n) is 2.98. The number of likely N-dealkylation sites (tertiary alicyclic amines) is 1. The van der Waals surface area contributed by atoms with Crippen molar-refractivity contribution in [3.05, 3.63) is 35.9 Å². The number of benzene rings is 1. The minimum atomic E-state index is -0.0959. The van der Waals surface area contributed by atoms with Crippen molar-refractivity contribution >= 4 is 6.03 Å². The monoisotopic (exact) mass is 303 g/mol. The molecule has 1 unspecified atom stereocenters. The lowest BCUT2D eigenvalue weighted by molar-refractivity contribution is 0.0959. The zero-order valence-corrected chi connectivity index (χ0v) is 14.1. The topological polar surface area (TPSA) is 44.4 Å². The average molecular weight is 303 g/mol. The molecule has 1 saturated heterocycles. The maximum Gasteiger partial charge on any atom is 0.315 e. The Bertz CT molecular complexity index is 466. The summed E-state index contributed by atoms with van der Waals surface area (Å²) in [5.41, 5.74) is 1.13. The van der Waals surface area contributed by atoms with Gasteiger partial charge in [0.15, 0.2) is 0 Å². The van der Waals surface area contributed by atoms with Crippen molar-refractivity contribution in [1.82, 2.24) is 15.5 Å². The molecule has 0 aliphatic carbocycles. The largest absolute Gasteiger partial charge is 0.336 e. The summed E-state index contributed by atoms with van der Waals surface area (Å²) in [6, 6.07) is 9.94. The van der Waals surface area contributed by atoms with Gasteiger partial charge in [-0.25, -0.2) is 4.79 Å². The van der Waals surface area contributed by atoms with Crippen molar-refractivity contribution < 1.29 is 4.79 Å². The highest BCUT2D eigenvalue weighted by Gasteiger charge is 2.28. The molecule has 0 saturated carbocycles. The van der Waals surface area contributed by atoms with Gasteiger partial charge in [0.1, 0.15) is 0 Å². The Labute approximate surface area is 134 Å². The van der Waals surface area contributed by atoms with Crippen LogP contribution < -0.4 is 10.6 Å². The van der Waals surface area contributed by atoms with Crippen LogP contribution in [0.15, 0.2) is 30.3 Å². The average Bonchev–Trinajstić information content (AvgIpc) is 2.55. The molecule has 0 spiro atoms. The molecule has 1 fully saturated rings. The van der Waals surface area contributed by atoms with E-state index in [0.29, 0.717) is 6.54 Å². The van der Waals surface area contributed by atoms with E-state index < -0.39 is 0 Å². The van der Waals surface area contributed by atoms with Gasteiger partial charge in [0.05, 0.1) is 6.04 Å². The van der Waals surface area contributed by atoms with Gasteiger partial charge in [-0.2, -0.15) is 0 Å². The molecule has 4 heteroatoms. The first-order chi connectivity index (χ1) is 10.5. The maximum atomic E-state index is 12.1. The Morgan fingerprint density at radius 3 is 2.45 bits per heavy atom. The van der Waals surface area contributed by atoms with E-state index >= 15 is 0 Å². The summed E-state index contributed by atoms with van der Waals surface area (Å²) in [6.07, 6.45) is 3.86. The Kier molecular flexibility index (Phi) is 5.83. The summed E-state index contributed by atoms with van der Waals surface area (Å²) in [4.78, 5) is 14.6. The van der Waals surface area contributed by atoms with Crippen LogP contribution in [0.2, 0.25) is 0 Å². The van der Waals surface area contributed by atoms with Crippen LogP contribution in [0.4, 0.5) is 4.79 Å². The number of carbonyl (C=O) groups is 1. The second-order valence-corrected chi connectivity index (χ2v) is 6.82. The summed E-state index contributed by atoms with van der Waals surface area (Å²) in [6.45, 7) is 9.36. The summed E-state index contributed by atoms with van der Waals surface area (Å²) >= 11 is 0. The van der Waals surface area contributed by atoms with E-state index in [9.17, 15) is 4.79 Å². The number of carbonyl (C=O) groups excluding carboxylic acids is 1. The molecule has 4 nitrogen and oxygen atoms in total. The van der Waals surface area contributed by atoms with Gasteiger partial charge in [-0.1, -0.05) is 36.8 Å². The second kappa shape index (κ2) is 7.63. The fraction of sp³-hybridized carbons (Fsp3) is 0.611. The molecule has 122 valence electrons. The van der Waals surface area contributed by atoms with Gasteiger partial charge in [-0.3, -0.25) is 4.90 Å². The van der Waals surface area contributed by atoms with Crippen molar-refractivity contribution in [1.29, 1.82) is 0 Å². The molecule has 2 amide bonds. The predicted molar refractivity (Wildman–Crippen MR) is 90.9 cm³/mol. The number of hydrogen-bond donors (Lipinski definition) is 2. The van der Waals surface area contributed by atoms with Gasteiger partial charge in [0.25, 0.3) is 0 Å². The van der Waals surface area contributed by atoms with E-state index in [4.69, 9.17) is 0 Å². The quantitative estimate of drug-likeness (QED) is 0.876. The maximum absolute atomic E-state index is 12.1. The van der Waals surface area contributed by atoms with Crippen LogP contribution in [-0.2, 0) is 0 Å². The van der Waals surface area contributed by atoms with Crippen LogP contribution in [0.5, 0.6) is 0 Å². The minimum absolute atomic E-state index is 0.00768. The van der Waals surface area contributed by atoms with Gasteiger partial charge in [-0.05, 0) is 52.3 Å². The van der Waals surface area contributed by atoms with Crippen LogP contribution in [0.3, 0.4) is 0 Å². The Hall–Kier alpha value is -1.55. The number of nitrogens with one attached hydrogen (secondary N) is 2. The van der Waals surface area contributed by atoms with Crippen LogP contribution in [0.25, 0.3) is 0 Å². The lowest BCUT2D eigenvalue weighted by atomic mass is 9.98. The third-order valence-electron chi connectivity index (χ3n) is 4.54. The first-order valence-electron chi connectivity index (χ1n) is 8.33. The van der Waals surface area contributed by atoms with E-state index in [2.05, 4.69) is 29.4 Å². The molecule has 0 bridgehead atoms. The molecular formula is C18H29N3O. The third-order valence-corrected chi connectivity index (χ3v) is 4.54. The molecule has 1 heterocycles. The highest BCUT2D eigenvalue weighted by molar-refractivity contribution is 5.74. The number of nitrogens with zero attached hydrogens (tertiary/aromatic N) is 1. The Morgan fingerprint density at radius 2 is 1.82 bits per heavy atom. The van der Waals surface area contributed by atoms with E-state index in [0.717, 1.165) is 18.7 Å². The molecule has 0 radical (unpaired) electrons. The number of amides is 2. The molecule has 1 aliphatic heterocycles. The zero-order chi connectivity index (χ0) is 16.0. The van der Waals surface area contributed by atoms with Crippen LogP contribution in [0, 0.1) is 0 Å². The van der Waals surface area contributed by atoms with Crippen LogP contribution >= 0.6 is 0 Å². The Balaban J connectivity index is 1.79. The summed E-state index contributed by atoms with van der Waals surface area (Å²) in [5.74, 6) is 0. The second-order valence-electron chi connectivity index (χ2n) is 6.82. The Morgan fingerprint density at radius 1 is 1.18 bits per heavy atom. The number of urea groups is 1. The normalized spacial score (nSPS) is 17.8. The van der Waals surface area contributed by atoms with Crippen LogP contribution in [0.1, 0.15) is 51.6 Å². The van der Waals surface area contributed by atoms with Gasteiger partial charge in [0.2, 0.25) is 0 Å². The first kappa shape index (κ1) is 16.8. The van der Waals surface area contributed by atoms with Gasteiger partial charge in [0, 0.05) is 12.1 Å². The number of hydrogen-bond acceptors (Lipinski definition) is 2. The van der Waals surface area contributed by atoms with Crippen molar-refractivity contribution in [3.63, 3.8) is 0 Å². The van der Waals surface area contributed by atoms with Crippen molar-refractivity contribution in [3.8, 4) is 0 Å². The molecule has 1 atom stereocenters. The smallest absolute Gasteiger partial charge is 0.315 e. The first-order valence-corrected chi connectivity index (χ1v) is 8.33. The summed E-state index contributed by atoms with van der Waals surface area (Å²) in [5, 5.41) is 6.03. The van der Waals surface area contributed by atoms with Gasteiger partial charge < -0.3 is 10.6 Å². The van der Waals surface area contributed by atoms with E-state index in [1.54, 1.807) is 0 Å². The van der Waals surface area contributed by atoms with E-state index in [1.807, 2.05) is 37.3 Å². The molecule has 2 N–H and O–H groups in total. The molecular weight excluding hydrogens is 274 g/mol. The van der Waals surface area contributed by atoms with E-state index in [-0.39, 0.29) is 17.6 Å². The van der Waals surface area contributed by atoms with Crippen molar-refractivity contribution in [2.45, 2.75) is 51.6 Å². The molecule has 0 aromatic heterocycles. The highest BCUT2D eigenvalue weighted by atomic mass is 16.2. The fourth-order valence-corrected chi connectivity index (χ4v) is 2.98. The van der Waals surface area contributed by atoms with Crippen molar-refractivity contribution in [2.24, 2.45) is 0 Å². The standard InChI is InChI=1S/C18H29N3O/c1-15(16-10-6-4-7-11-16)20-17(22)19-14-18(2,3)21-12-8-5-9-13-21/h4,6-7,10-11,15H,5,8-9,12-14H2,1-3H3,(H2,19,20,22). The predicted octanol–water partition coefficient (Wildman–Crippen LogP) is 3.31. The summed E-state index contributed by atoms with van der Waals surface area (Å²) in [7, 11) is 0. The number of rotatable bonds is 5. The summed E-state index contributed by atoms with van der Waals surface area (Å²) < 4.78 is 0. The molecule has 1 aromatic rings. The zero-order valence-electron chi connectivity index (χ0n) is 14.1. The highest BCUT2D eigenvalue weighted by Crippen LogP contribution is 2.19. The molecule has 1 aliphatic rings. The van der Waals surface area contributed by atoms with E-state index in [1.165, 1.54) is 19.3 Å². The lowest BCUT2D eigenvalue weighted by Crippen LogP contribution is -2.54. The number of piperidine rings is 1. The van der Waals surface area contributed by atoms with Gasteiger partial charge in [-0.15, -0.1) is 0 Å². The molecule has 2 rings (SSSR count). The third kappa shape index (κ3) is 4.73. The van der Waals surface area contributed by atoms with Gasteiger partial charge >= 0.3 is 6.03 Å². The molecule has 1 aromatic carbocycles. The van der Waals surface area contributed by atoms with Crippen LogP contribution in [-0.4, -0.2) is 36.1 Å². The van der Waals surface area contributed by atoms with Crippen molar-refractivity contribution in [2.75, 3.05) is 19.6 Å².